The molecule has 3 unspecified atom stereocenters. The predicted molar refractivity (Wildman–Crippen MR) is 133 cm³/mol. The molecule has 1 N–H and O–H groups in total. The average Bonchev–Trinajstić information content (AvgIpc) is 3.51. The van der Waals surface area contributed by atoms with Gasteiger partial charge >= 0.3 is 0 Å². The van der Waals surface area contributed by atoms with Gasteiger partial charge in [-0.05, 0) is 19.9 Å². The van der Waals surface area contributed by atoms with Gasteiger partial charge < -0.3 is 9.47 Å². The Morgan fingerprint density at radius 2 is 1.78 bits per heavy atom. The van der Waals surface area contributed by atoms with Crippen molar-refractivity contribution in [3.8, 4) is 17.4 Å². The maximum atomic E-state index is 13.5. The second-order valence-electron chi connectivity index (χ2n) is 8.00. The van der Waals surface area contributed by atoms with E-state index >= 15 is 0 Å². The fourth-order valence-electron chi connectivity index (χ4n) is 3.58. The highest BCUT2D eigenvalue weighted by molar-refractivity contribution is 7.93. The summed E-state index contributed by atoms with van der Waals surface area (Å²) in [6, 6.07) is 4.57. The zero-order valence-corrected chi connectivity index (χ0v) is 22.2. The summed E-state index contributed by atoms with van der Waals surface area (Å²) >= 11 is 5.87. The van der Waals surface area contributed by atoms with Gasteiger partial charge in [-0.2, -0.15) is 5.10 Å². The van der Waals surface area contributed by atoms with Crippen molar-refractivity contribution < 1.29 is 17.9 Å². The molecule has 14 nitrogen and oxygen atoms in total. The summed E-state index contributed by atoms with van der Waals surface area (Å²) in [5.74, 6) is 1.17. The molecule has 196 valence electrons. The molecule has 3 atom stereocenters. The lowest BCUT2D eigenvalue weighted by Gasteiger charge is -2.23. The number of hydrogen-bond acceptors (Lipinski definition) is 11. The molecule has 0 saturated heterocycles. The van der Waals surface area contributed by atoms with Crippen LogP contribution in [0.2, 0.25) is 5.02 Å². The molecule has 0 bridgehead atoms. The summed E-state index contributed by atoms with van der Waals surface area (Å²) in [6.45, 7) is 3.27. The topological polar surface area (TPSA) is 165 Å². The molecule has 0 fully saturated rings. The Morgan fingerprint density at radius 3 is 2.41 bits per heavy atom. The molecule has 0 aliphatic rings. The van der Waals surface area contributed by atoms with Gasteiger partial charge in [-0.25, -0.2) is 28.4 Å². The van der Waals surface area contributed by atoms with Crippen LogP contribution in [0.25, 0.3) is 11.5 Å². The van der Waals surface area contributed by atoms with Gasteiger partial charge in [-0.15, -0.1) is 10.2 Å². The molecular weight excluding hydrogens is 524 g/mol. The van der Waals surface area contributed by atoms with Crippen molar-refractivity contribution in [2.75, 3.05) is 18.9 Å². The molecule has 4 aromatic rings. The van der Waals surface area contributed by atoms with Gasteiger partial charge in [0.1, 0.15) is 23.4 Å². The monoisotopic (exact) mass is 548 g/mol. The van der Waals surface area contributed by atoms with Crippen LogP contribution in [0, 0.1) is 0 Å². The first-order valence-electron chi connectivity index (χ1n) is 11.0. The smallest absolute Gasteiger partial charge is 0.240 e. The van der Waals surface area contributed by atoms with Crippen molar-refractivity contribution in [1.29, 1.82) is 0 Å². The van der Waals surface area contributed by atoms with Gasteiger partial charge in [0, 0.05) is 32.6 Å². The number of nitrogens with one attached hydrogen (secondary N) is 1. The molecule has 0 aliphatic carbocycles. The number of pyridine rings is 1. The lowest BCUT2D eigenvalue weighted by Crippen LogP contribution is -2.33. The van der Waals surface area contributed by atoms with E-state index in [2.05, 4.69) is 40.0 Å². The van der Waals surface area contributed by atoms with Crippen LogP contribution in [0.15, 0.2) is 36.9 Å². The molecule has 0 aromatic carbocycles. The SMILES string of the molecule is COc1cccc(-c2nnc(NS(=O)(=O)C(C)C(OC)c3ncc(Cl)cn3)n2C(C)c2ncn(C)n2)n1. The lowest BCUT2D eigenvalue weighted by atomic mass is 10.2. The van der Waals surface area contributed by atoms with Crippen molar-refractivity contribution in [2.45, 2.75) is 31.2 Å². The van der Waals surface area contributed by atoms with Crippen LogP contribution in [0.3, 0.4) is 0 Å². The summed E-state index contributed by atoms with van der Waals surface area (Å²) < 4.78 is 43.3. The minimum absolute atomic E-state index is 0.0571. The van der Waals surface area contributed by atoms with Crippen molar-refractivity contribution in [2.24, 2.45) is 7.05 Å². The predicted octanol–water partition coefficient (Wildman–Crippen LogP) is 2.05. The van der Waals surface area contributed by atoms with Crippen LogP contribution in [-0.4, -0.2) is 72.4 Å². The standard InChI is InChI=1S/C21H25ClN10O4S/c1-12(18-25-11-31(3)29-18)32-20(15-7-6-8-16(26-15)35-4)27-28-21(32)30-37(33,34)13(2)17(36-5)19-23-9-14(22)10-24-19/h6-13,17H,1-5H3,(H,28,30). The van der Waals surface area contributed by atoms with E-state index in [1.54, 1.807) is 47.7 Å². The number of ether oxygens (including phenoxy) is 2. The van der Waals surface area contributed by atoms with E-state index in [9.17, 15) is 8.42 Å². The zero-order valence-electron chi connectivity index (χ0n) is 20.6. The third-order valence-corrected chi connectivity index (χ3v) is 7.42. The number of rotatable bonds is 10. The van der Waals surface area contributed by atoms with E-state index in [0.29, 0.717) is 22.4 Å². The molecule has 4 heterocycles. The number of sulfonamides is 1. The van der Waals surface area contributed by atoms with Crippen LogP contribution >= 0.6 is 11.6 Å². The lowest BCUT2D eigenvalue weighted by molar-refractivity contribution is 0.0950. The number of methoxy groups -OCH3 is 2. The number of anilines is 1. The number of aryl methyl sites for hydroxylation is 1. The third-order valence-electron chi connectivity index (χ3n) is 5.53. The number of aromatic nitrogens is 9. The summed E-state index contributed by atoms with van der Waals surface area (Å²) in [5.41, 5.74) is 0.414. The molecule has 0 saturated carbocycles. The van der Waals surface area contributed by atoms with Crippen molar-refractivity contribution in [3.63, 3.8) is 0 Å². The Bertz CT molecular complexity index is 1470. The quantitative estimate of drug-likeness (QED) is 0.308. The second-order valence-corrected chi connectivity index (χ2v) is 10.5. The van der Waals surface area contributed by atoms with Gasteiger partial charge in [-0.3, -0.25) is 14.0 Å². The van der Waals surface area contributed by atoms with Crippen molar-refractivity contribution >= 4 is 27.6 Å². The highest BCUT2D eigenvalue weighted by atomic mass is 35.5. The van der Waals surface area contributed by atoms with Crippen LogP contribution in [0.4, 0.5) is 5.95 Å². The highest BCUT2D eigenvalue weighted by Gasteiger charge is 2.35. The summed E-state index contributed by atoms with van der Waals surface area (Å²) in [6.07, 6.45) is 3.30. The van der Waals surface area contributed by atoms with E-state index in [4.69, 9.17) is 21.1 Å². The largest absolute Gasteiger partial charge is 0.481 e. The maximum absolute atomic E-state index is 13.5. The molecule has 0 amide bonds. The Hall–Kier alpha value is -3.69. The normalized spacial score (nSPS) is 14.2. The average molecular weight is 549 g/mol. The van der Waals surface area contributed by atoms with E-state index in [-0.39, 0.29) is 17.6 Å². The Morgan fingerprint density at radius 1 is 1.05 bits per heavy atom. The first kappa shape index (κ1) is 26.4. The van der Waals surface area contributed by atoms with Crippen LogP contribution in [-0.2, 0) is 21.8 Å². The number of hydrogen-bond donors (Lipinski definition) is 1. The summed E-state index contributed by atoms with van der Waals surface area (Å²) in [7, 11) is 0.499. The van der Waals surface area contributed by atoms with Gasteiger partial charge in [0.25, 0.3) is 0 Å². The molecule has 0 spiro atoms. The minimum atomic E-state index is -4.10. The Labute approximate surface area is 218 Å². The van der Waals surface area contributed by atoms with Crippen molar-refractivity contribution in [3.05, 3.63) is 53.6 Å². The number of nitrogens with zero attached hydrogens (tertiary/aromatic N) is 9. The minimum Gasteiger partial charge on any atom is -0.481 e. The van der Waals surface area contributed by atoms with Gasteiger partial charge in [0.2, 0.25) is 21.9 Å². The van der Waals surface area contributed by atoms with E-state index in [1.807, 2.05) is 0 Å². The Balaban J connectivity index is 1.74. The van der Waals surface area contributed by atoms with Gasteiger partial charge in [-0.1, -0.05) is 17.7 Å². The molecule has 0 radical (unpaired) electrons. The summed E-state index contributed by atoms with van der Waals surface area (Å²) in [4.78, 5) is 16.9. The first-order chi connectivity index (χ1) is 17.6. The highest BCUT2D eigenvalue weighted by Crippen LogP contribution is 2.30. The second kappa shape index (κ2) is 10.7. The molecule has 4 aromatic heterocycles. The number of halogens is 1. The van der Waals surface area contributed by atoms with E-state index in [0.717, 1.165) is 0 Å². The van der Waals surface area contributed by atoms with E-state index in [1.165, 1.54) is 33.5 Å². The van der Waals surface area contributed by atoms with Crippen LogP contribution < -0.4 is 9.46 Å². The zero-order chi connectivity index (χ0) is 26.7. The molecule has 16 heteroatoms. The van der Waals surface area contributed by atoms with Gasteiger partial charge in [0.15, 0.2) is 17.5 Å². The molecule has 0 aliphatic heterocycles. The van der Waals surface area contributed by atoms with Gasteiger partial charge in [0.05, 0.1) is 18.2 Å². The Kier molecular flexibility index (Phi) is 7.65. The molecule has 4 rings (SSSR count). The van der Waals surface area contributed by atoms with E-state index < -0.39 is 27.4 Å². The van der Waals surface area contributed by atoms with Crippen LogP contribution in [0.5, 0.6) is 5.88 Å². The fraction of sp³-hybridized carbons (Fsp3) is 0.381. The fourth-order valence-corrected chi connectivity index (χ4v) is 4.81. The first-order valence-corrected chi connectivity index (χ1v) is 12.9. The van der Waals surface area contributed by atoms with Crippen molar-refractivity contribution in [1.82, 2.24) is 44.5 Å². The maximum Gasteiger partial charge on any atom is 0.240 e. The summed E-state index contributed by atoms with van der Waals surface area (Å²) in [5, 5.41) is 11.9. The molecular formula is C21H25ClN10O4S. The third kappa shape index (κ3) is 5.52. The van der Waals surface area contributed by atoms with Crippen LogP contribution in [0.1, 0.15) is 37.6 Å². The molecule has 37 heavy (non-hydrogen) atoms.